The summed E-state index contributed by atoms with van der Waals surface area (Å²) in [6, 6.07) is 1.28. The first kappa shape index (κ1) is 34.2. The molecule has 10 heteroatoms. The third kappa shape index (κ3) is 9.08. The van der Waals surface area contributed by atoms with E-state index in [0.717, 1.165) is 12.0 Å². The molecule has 0 saturated carbocycles. The number of fused-ring (bicyclic) bond motifs is 5. The first-order valence-electron chi connectivity index (χ1n) is 14.9. The molecule has 3 rings (SSSR count). The van der Waals surface area contributed by atoms with Crippen LogP contribution in [0.4, 0.5) is 0 Å². The zero-order chi connectivity index (χ0) is 31.7. The molecule has 236 valence electrons. The Morgan fingerprint density at radius 3 is 2.53 bits per heavy atom. The molecule has 2 aliphatic heterocycles. The van der Waals surface area contributed by atoms with Gasteiger partial charge in [0.2, 0.25) is 0 Å². The number of benzene rings is 1. The van der Waals surface area contributed by atoms with E-state index in [1.165, 1.54) is 20.1 Å². The Morgan fingerprint density at radius 2 is 1.86 bits per heavy atom. The lowest BCUT2D eigenvalue weighted by Crippen LogP contribution is -2.38. The Morgan fingerprint density at radius 1 is 1.12 bits per heavy atom. The van der Waals surface area contributed by atoms with Gasteiger partial charge in [-0.05, 0) is 51.0 Å². The highest BCUT2D eigenvalue weighted by molar-refractivity contribution is 5.94. The molecule has 10 nitrogen and oxygen atoms in total. The summed E-state index contributed by atoms with van der Waals surface area (Å²) < 4.78 is 23.9. The average molecular weight is 599 g/mol. The van der Waals surface area contributed by atoms with Crippen molar-refractivity contribution in [2.45, 2.75) is 84.7 Å². The molecule has 2 N–H and O–H groups in total. The number of rotatable bonds is 3. The highest BCUT2D eigenvalue weighted by atomic mass is 16.6. The predicted octanol–water partition coefficient (Wildman–Crippen LogP) is 3.67. The normalized spacial score (nSPS) is 31.0. The molecule has 0 spiro atoms. The first-order chi connectivity index (χ1) is 20.5. The third-order valence-corrected chi connectivity index (χ3v) is 7.88. The van der Waals surface area contributed by atoms with Crippen molar-refractivity contribution >= 4 is 11.9 Å². The molecule has 0 unspecified atom stereocenters. The van der Waals surface area contributed by atoms with Gasteiger partial charge in [0.15, 0.2) is 6.10 Å². The average Bonchev–Trinajstić information content (AvgIpc) is 2.96. The van der Waals surface area contributed by atoms with Crippen LogP contribution in [0.5, 0.6) is 11.5 Å². The highest BCUT2D eigenvalue weighted by Gasteiger charge is 2.31. The molecular weight excluding hydrogens is 552 g/mol. The van der Waals surface area contributed by atoms with Crippen LogP contribution in [-0.4, -0.2) is 73.9 Å². The fourth-order valence-corrected chi connectivity index (χ4v) is 5.64. The van der Waals surface area contributed by atoms with Gasteiger partial charge in [-0.15, -0.1) is 0 Å². The SMILES string of the molecule is CO[C@H]1/C=C\C=C(/C)C(=O)N=c2cc(O)c3c(c2O)C[C@@H](C)C[C@H](OC)[C@H](OCCCCN=3)[C@@H](C)/C=C(\C)[C@@H]1OC(C)=O. The standard InChI is InChI=1S/C33H46N2O8/c1-19-15-24-29-26(37)18-25(30(24)38)35-33(39)20(2)11-10-12-27(40-6)32(43-23(5)36)22(4)17-21(3)31(28(16-19)41-7)42-14-9-8-13-34-29/h10-12,17-19,21,27-28,31-32,37-38H,8-9,13-16H2,1-7H3/b12-10-,20-11+,22-17+,34-29?,35-25?/t19-,21+,27+,28+,31-,32+/m1/s1. The molecular formula is C33H46N2O8. The van der Waals surface area contributed by atoms with Gasteiger partial charge in [0.05, 0.1) is 12.2 Å². The summed E-state index contributed by atoms with van der Waals surface area (Å²) in [6.45, 7) is 9.84. The van der Waals surface area contributed by atoms with E-state index in [-0.39, 0.29) is 40.9 Å². The van der Waals surface area contributed by atoms with E-state index in [2.05, 4.69) is 9.98 Å². The summed E-state index contributed by atoms with van der Waals surface area (Å²) in [5.41, 5.74) is 1.53. The topological polar surface area (TPSA) is 136 Å². The second kappa shape index (κ2) is 15.9. The molecule has 2 heterocycles. The minimum Gasteiger partial charge on any atom is -0.506 e. The van der Waals surface area contributed by atoms with Crippen molar-refractivity contribution in [2.75, 3.05) is 27.4 Å². The van der Waals surface area contributed by atoms with E-state index in [0.29, 0.717) is 48.9 Å². The molecule has 1 aromatic carbocycles. The monoisotopic (exact) mass is 598 g/mol. The Labute approximate surface area is 253 Å². The van der Waals surface area contributed by atoms with Gasteiger partial charge in [0.1, 0.15) is 28.3 Å². The smallest absolute Gasteiger partial charge is 0.303 e. The van der Waals surface area contributed by atoms with Gasteiger partial charge >= 0.3 is 5.97 Å². The minimum atomic E-state index is -0.714. The fourth-order valence-electron chi connectivity index (χ4n) is 5.64. The molecule has 0 saturated heterocycles. The summed E-state index contributed by atoms with van der Waals surface area (Å²) in [4.78, 5) is 33.9. The fraction of sp³-hybridized carbons (Fsp3) is 0.576. The van der Waals surface area contributed by atoms with Gasteiger partial charge in [-0.3, -0.25) is 14.6 Å². The van der Waals surface area contributed by atoms with Gasteiger partial charge in [0.25, 0.3) is 5.91 Å². The Hall–Kier alpha value is -3.34. The first-order valence-corrected chi connectivity index (χ1v) is 14.9. The Balaban J connectivity index is 2.28. The van der Waals surface area contributed by atoms with Crippen molar-refractivity contribution in [3.05, 3.63) is 57.8 Å². The number of ether oxygens (including phenoxy) is 4. The number of carbonyl (C=O) groups is 2. The van der Waals surface area contributed by atoms with Crippen molar-refractivity contribution in [1.82, 2.24) is 0 Å². The van der Waals surface area contributed by atoms with Crippen LogP contribution in [0.15, 0.2) is 51.5 Å². The highest BCUT2D eigenvalue weighted by Crippen LogP contribution is 2.27. The van der Waals surface area contributed by atoms with Crippen LogP contribution in [0.2, 0.25) is 0 Å². The maximum absolute atomic E-state index is 13.0. The Bertz CT molecular complexity index is 1370. The summed E-state index contributed by atoms with van der Waals surface area (Å²) >= 11 is 0. The quantitative estimate of drug-likeness (QED) is 0.306. The van der Waals surface area contributed by atoms with Crippen LogP contribution in [0.3, 0.4) is 0 Å². The maximum atomic E-state index is 13.0. The largest absolute Gasteiger partial charge is 0.506 e. The second-order valence-corrected chi connectivity index (χ2v) is 11.5. The van der Waals surface area contributed by atoms with Gasteiger partial charge in [0, 0.05) is 57.4 Å². The van der Waals surface area contributed by atoms with Crippen LogP contribution >= 0.6 is 0 Å². The van der Waals surface area contributed by atoms with Gasteiger partial charge in [-0.1, -0.05) is 38.2 Å². The van der Waals surface area contributed by atoms with E-state index in [1.54, 1.807) is 32.3 Å². The van der Waals surface area contributed by atoms with Gasteiger partial charge < -0.3 is 29.2 Å². The number of nitrogens with zero attached hydrogens (tertiary/aromatic N) is 2. The molecule has 0 aliphatic carbocycles. The lowest BCUT2D eigenvalue weighted by atomic mass is 9.87. The van der Waals surface area contributed by atoms with E-state index in [1.807, 2.05) is 26.8 Å². The lowest BCUT2D eigenvalue weighted by Gasteiger charge is -2.32. The number of carbonyl (C=O) groups excluding carboxylic acids is 2. The summed E-state index contributed by atoms with van der Waals surface area (Å²) in [7, 11) is 3.18. The van der Waals surface area contributed by atoms with Gasteiger partial charge in [-0.2, -0.15) is 0 Å². The van der Waals surface area contributed by atoms with E-state index in [9.17, 15) is 19.8 Å². The summed E-state index contributed by atoms with van der Waals surface area (Å²) in [5, 5.41) is 22.6. The van der Waals surface area contributed by atoms with Crippen molar-refractivity contribution < 1.29 is 38.7 Å². The number of allylic oxidation sites excluding steroid dienone is 2. The van der Waals surface area contributed by atoms with Crippen molar-refractivity contribution in [3.63, 3.8) is 0 Å². The molecule has 43 heavy (non-hydrogen) atoms. The van der Waals surface area contributed by atoms with E-state index < -0.39 is 24.1 Å². The van der Waals surface area contributed by atoms with Gasteiger partial charge in [-0.25, -0.2) is 4.99 Å². The van der Waals surface area contributed by atoms with Crippen molar-refractivity contribution in [1.29, 1.82) is 0 Å². The van der Waals surface area contributed by atoms with Crippen LogP contribution in [0.25, 0.3) is 0 Å². The lowest BCUT2D eigenvalue weighted by molar-refractivity contribution is -0.149. The zero-order valence-electron chi connectivity index (χ0n) is 26.3. The number of phenols is 2. The van der Waals surface area contributed by atoms with Crippen LogP contribution in [0.1, 0.15) is 59.4 Å². The summed E-state index contributed by atoms with van der Waals surface area (Å²) in [6.07, 6.45) is 7.35. The van der Waals surface area contributed by atoms with Crippen molar-refractivity contribution in [3.8, 4) is 11.5 Å². The van der Waals surface area contributed by atoms with E-state index in [4.69, 9.17) is 18.9 Å². The molecule has 1 amide bonds. The molecule has 1 aromatic rings. The molecule has 2 aliphatic rings. The predicted molar refractivity (Wildman–Crippen MR) is 161 cm³/mol. The van der Waals surface area contributed by atoms with Crippen LogP contribution < -0.4 is 10.7 Å². The number of phenolic OH excluding ortho intramolecular Hbond substituents is 2. The number of amides is 1. The zero-order valence-corrected chi connectivity index (χ0v) is 26.3. The molecule has 0 aromatic heterocycles. The van der Waals surface area contributed by atoms with Crippen LogP contribution in [-0.2, 0) is 35.0 Å². The van der Waals surface area contributed by atoms with Crippen LogP contribution in [0, 0.1) is 11.8 Å². The Kier molecular flexibility index (Phi) is 12.7. The second-order valence-electron chi connectivity index (χ2n) is 11.5. The number of methoxy groups -OCH3 is 2. The third-order valence-electron chi connectivity index (χ3n) is 7.88. The minimum absolute atomic E-state index is 0.0229. The summed E-state index contributed by atoms with van der Waals surface area (Å²) in [5.74, 6) is -1.49. The molecule has 6 atom stereocenters. The van der Waals surface area contributed by atoms with Crippen molar-refractivity contribution in [2.24, 2.45) is 21.8 Å². The maximum Gasteiger partial charge on any atom is 0.303 e. The number of hydrogen-bond acceptors (Lipinski definition) is 9. The number of aromatic hydroxyl groups is 2. The molecule has 0 fully saturated rings. The number of esters is 1. The molecule has 0 radical (unpaired) electrons. The molecule has 3 bridgehead atoms. The van der Waals surface area contributed by atoms with E-state index >= 15 is 0 Å². The number of hydrogen-bond donors (Lipinski definition) is 2.